The van der Waals surface area contributed by atoms with Crippen LogP contribution < -0.4 is 10.9 Å². The van der Waals surface area contributed by atoms with Crippen molar-refractivity contribution in [2.24, 2.45) is 0 Å². The predicted molar refractivity (Wildman–Crippen MR) is 102 cm³/mol. The highest BCUT2D eigenvalue weighted by molar-refractivity contribution is 6.92. The van der Waals surface area contributed by atoms with Crippen LogP contribution in [0.1, 0.15) is 36.5 Å². The summed E-state index contributed by atoms with van der Waals surface area (Å²) in [5, 5.41) is 0.975. The van der Waals surface area contributed by atoms with Crippen LogP contribution in [0.3, 0.4) is 0 Å². The Hall–Kier alpha value is -1.12. The van der Waals surface area contributed by atoms with Gasteiger partial charge in [-0.3, -0.25) is 0 Å². The quantitative estimate of drug-likeness (QED) is 0.333. The zero-order valence-corrected chi connectivity index (χ0v) is 17.4. The van der Waals surface area contributed by atoms with E-state index in [4.69, 9.17) is 14.6 Å². The van der Waals surface area contributed by atoms with E-state index in [-0.39, 0.29) is 5.97 Å². The Labute approximate surface area is 142 Å². The lowest BCUT2D eigenvalue weighted by Crippen LogP contribution is -2.52. The summed E-state index contributed by atoms with van der Waals surface area (Å²) in [5.74, 6) is -0.278. The molecular formula is C17H31NO3Si2. The molecule has 0 saturated carbocycles. The molecule has 0 amide bonds. The Kier molecular flexibility index (Phi) is 7.04. The maximum atomic E-state index is 12.2. The summed E-state index contributed by atoms with van der Waals surface area (Å²) in [6, 6.07) is 5.39. The van der Waals surface area contributed by atoms with Crippen molar-refractivity contribution in [3.8, 4) is 0 Å². The van der Waals surface area contributed by atoms with E-state index in [2.05, 4.69) is 39.7 Å². The number of hydrogen-bond acceptors (Lipinski definition) is 4. The molecule has 0 aromatic heterocycles. The van der Waals surface area contributed by atoms with Gasteiger partial charge in [-0.25, -0.2) is 4.79 Å². The summed E-state index contributed by atoms with van der Waals surface area (Å²) in [4.78, 5) is 12.2. The number of nitrogen functional groups attached to an aromatic ring is 1. The Morgan fingerprint density at radius 2 is 1.78 bits per heavy atom. The van der Waals surface area contributed by atoms with Crippen LogP contribution in [-0.2, 0) is 8.85 Å². The summed E-state index contributed by atoms with van der Waals surface area (Å²) in [5.41, 5.74) is 7.41. The van der Waals surface area contributed by atoms with Crippen LogP contribution in [0, 0.1) is 0 Å². The molecule has 1 aromatic rings. The number of carbonyl (C=O) groups excluding carboxylic acids is 1. The minimum atomic E-state index is -2.15. The van der Waals surface area contributed by atoms with Crippen molar-refractivity contribution in [1.82, 2.24) is 0 Å². The first-order valence-electron chi connectivity index (χ1n) is 8.34. The number of benzene rings is 1. The summed E-state index contributed by atoms with van der Waals surface area (Å²) < 4.78 is 11.7. The Balaban J connectivity index is 2.92. The number of rotatable bonds is 8. The summed E-state index contributed by atoms with van der Waals surface area (Å²) in [7, 11) is -3.83. The SMILES string of the molecule is CCCCCOC(=O)c1ccc(N)c([Si](C)(C)O[Si](C)(C)C)c1. The Bertz CT molecular complexity index is 539. The van der Waals surface area contributed by atoms with Gasteiger partial charge in [-0.2, -0.15) is 0 Å². The molecule has 0 aliphatic rings. The second-order valence-electron chi connectivity index (χ2n) is 7.37. The van der Waals surface area contributed by atoms with Crippen LogP contribution in [0.4, 0.5) is 5.69 Å². The molecule has 0 heterocycles. The second kappa shape index (κ2) is 8.12. The molecule has 0 aliphatic heterocycles. The molecule has 2 N–H and O–H groups in total. The van der Waals surface area contributed by atoms with Crippen molar-refractivity contribution in [3.63, 3.8) is 0 Å². The average Bonchev–Trinajstić information content (AvgIpc) is 2.41. The van der Waals surface area contributed by atoms with Crippen molar-refractivity contribution < 1.29 is 13.6 Å². The lowest BCUT2D eigenvalue weighted by atomic mass is 10.2. The van der Waals surface area contributed by atoms with E-state index >= 15 is 0 Å². The van der Waals surface area contributed by atoms with Gasteiger partial charge in [0.1, 0.15) is 0 Å². The van der Waals surface area contributed by atoms with E-state index < -0.39 is 16.6 Å². The highest BCUT2D eigenvalue weighted by Crippen LogP contribution is 2.18. The van der Waals surface area contributed by atoms with Crippen LogP contribution >= 0.6 is 0 Å². The van der Waals surface area contributed by atoms with Crippen LogP contribution in [0.15, 0.2) is 18.2 Å². The molecule has 1 aromatic carbocycles. The minimum absolute atomic E-state index is 0.278. The second-order valence-corrected chi connectivity index (χ2v) is 16.0. The van der Waals surface area contributed by atoms with Crippen LogP contribution in [0.25, 0.3) is 0 Å². The molecule has 23 heavy (non-hydrogen) atoms. The maximum Gasteiger partial charge on any atom is 0.338 e. The molecule has 0 unspecified atom stereocenters. The van der Waals surface area contributed by atoms with E-state index in [1.165, 1.54) is 0 Å². The molecule has 0 aliphatic carbocycles. The predicted octanol–water partition coefficient (Wildman–Crippen LogP) is 3.88. The van der Waals surface area contributed by atoms with Gasteiger partial charge in [0.25, 0.3) is 0 Å². The van der Waals surface area contributed by atoms with Gasteiger partial charge < -0.3 is 14.6 Å². The molecule has 0 radical (unpaired) electrons. The molecule has 4 nitrogen and oxygen atoms in total. The first-order valence-corrected chi connectivity index (χ1v) is 14.7. The highest BCUT2D eigenvalue weighted by Gasteiger charge is 2.33. The molecular weight excluding hydrogens is 322 g/mol. The third-order valence-electron chi connectivity index (χ3n) is 3.48. The summed E-state index contributed by atoms with van der Waals surface area (Å²) in [6.07, 6.45) is 3.09. The zero-order valence-electron chi connectivity index (χ0n) is 15.4. The van der Waals surface area contributed by atoms with Gasteiger partial charge >= 0.3 is 5.97 Å². The molecule has 0 saturated heterocycles. The van der Waals surface area contributed by atoms with Crippen LogP contribution in [0.2, 0.25) is 32.7 Å². The van der Waals surface area contributed by atoms with Gasteiger partial charge in [0, 0.05) is 5.69 Å². The Morgan fingerprint density at radius 3 is 2.35 bits per heavy atom. The van der Waals surface area contributed by atoms with Crippen molar-refractivity contribution in [3.05, 3.63) is 23.8 Å². The first-order chi connectivity index (χ1) is 10.6. The maximum absolute atomic E-state index is 12.2. The fourth-order valence-corrected chi connectivity index (χ4v) is 10.5. The van der Waals surface area contributed by atoms with E-state index in [0.717, 1.165) is 24.4 Å². The normalized spacial score (nSPS) is 12.3. The topological polar surface area (TPSA) is 61.5 Å². The fraction of sp³-hybridized carbons (Fsp3) is 0.588. The largest absolute Gasteiger partial charge is 0.462 e. The monoisotopic (exact) mass is 353 g/mol. The summed E-state index contributed by atoms with van der Waals surface area (Å²) in [6.45, 7) is 13.4. The number of unbranched alkanes of at least 4 members (excludes halogenated alkanes) is 2. The zero-order chi connectivity index (χ0) is 17.7. The van der Waals surface area contributed by atoms with Crippen molar-refractivity contribution in [1.29, 1.82) is 0 Å². The van der Waals surface area contributed by atoms with E-state index in [0.29, 0.717) is 17.9 Å². The third-order valence-corrected chi connectivity index (χ3v) is 9.70. The summed E-state index contributed by atoms with van der Waals surface area (Å²) >= 11 is 0. The molecule has 0 bridgehead atoms. The molecule has 0 atom stereocenters. The van der Waals surface area contributed by atoms with E-state index in [1.807, 2.05) is 6.07 Å². The Morgan fingerprint density at radius 1 is 1.13 bits per heavy atom. The highest BCUT2D eigenvalue weighted by atomic mass is 28.4. The lowest BCUT2D eigenvalue weighted by Gasteiger charge is -2.32. The van der Waals surface area contributed by atoms with Gasteiger partial charge in [-0.05, 0) is 62.5 Å². The van der Waals surface area contributed by atoms with Gasteiger partial charge in [-0.1, -0.05) is 19.8 Å². The first kappa shape index (κ1) is 19.9. The number of esters is 1. The van der Waals surface area contributed by atoms with Gasteiger partial charge in [0.2, 0.25) is 8.32 Å². The van der Waals surface area contributed by atoms with Crippen molar-refractivity contribution in [2.45, 2.75) is 58.9 Å². The molecule has 0 fully saturated rings. The van der Waals surface area contributed by atoms with Gasteiger partial charge in [0.15, 0.2) is 8.32 Å². The third kappa shape index (κ3) is 6.49. The van der Waals surface area contributed by atoms with Crippen molar-refractivity contribution >= 4 is 33.5 Å². The molecule has 1 rings (SSSR count). The van der Waals surface area contributed by atoms with Gasteiger partial charge in [0.05, 0.1) is 12.2 Å². The number of nitrogens with two attached hydrogens (primary N) is 1. The molecule has 6 heteroatoms. The number of ether oxygens (including phenoxy) is 1. The van der Waals surface area contributed by atoms with E-state index in [1.54, 1.807) is 12.1 Å². The smallest absolute Gasteiger partial charge is 0.338 e. The molecule has 130 valence electrons. The molecule has 0 spiro atoms. The van der Waals surface area contributed by atoms with Crippen molar-refractivity contribution in [2.75, 3.05) is 12.3 Å². The fourth-order valence-electron chi connectivity index (χ4n) is 2.63. The standard InChI is InChI=1S/C17H31NO3Si2/c1-7-8-9-12-20-17(19)14-10-11-15(18)16(13-14)23(5,6)21-22(2,3)4/h10-11,13H,7-9,12,18H2,1-6H3. The minimum Gasteiger partial charge on any atom is -0.462 e. The number of hydrogen-bond donors (Lipinski definition) is 1. The average molecular weight is 354 g/mol. The number of anilines is 1. The van der Waals surface area contributed by atoms with Crippen LogP contribution in [-0.4, -0.2) is 29.2 Å². The number of carbonyl (C=O) groups is 1. The van der Waals surface area contributed by atoms with Gasteiger partial charge in [-0.15, -0.1) is 0 Å². The van der Waals surface area contributed by atoms with E-state index in [9.17, 15) is 4.79 Å². The van der Waals surface area contributed by atoms with Crippen LogP contribution in [0.5, 0.6) is 0 Å². The lowest BCUT2D eigenvalue weighted by molar-refractivity contribution is 0.0498.